The van der Waals surface area contributed by atoms with Gasteiger partial charge in [0.15, 0.2) is 0 Å². The van der Waals surface area contributed by atoms with E-state index in [1.807, 2.05) is 0 Å². The van der Waals surface area contributed by atoms with E-state index >= 15 is 0 Å². The minimum atomic E-state index is -0.224. The Kier molecular flexibility index (Phi) is 22.2. The summed E-state index contributed by atoms with van der Waals surface area (Å²) in [5.74, 6) is -0.518. The molecule has 0 atom stereocenters. The molecule has 0 saturated carbocycles. The van der Waals surface area contributed by atoms with E-state index in [4.69, 9.17) is 9.47 Å². The van der Waals surface area contributed by atoms with Crippen molar-refractivity contribution in [2.45, 2.75) is 129 Å². The maximum atomic E-state index is 12.2. The Labute approximate surface area is 191 Å². The summed E-state index contributed by atoms with van der Waals surface area (Å²) in [4.78, 5) is 34.9. The number of aldehydes is 1. The quantitative estimate of drug-likeness (QED) is 0.0976. The molecule has 0 aliphatic carbocycles. The Morgan fingerprint density at radius 1 is 0.645 bits per heavy atom. The van der Waals surface area contributed by atoms with Crippen molar-refractivity contribution in [2.24, 2.45) is 5.92 Å². The lowest BCUT2D eigenvalue weighted by Crippen LogP contribution is -2.17. The topological polar surface area (TPSA) is 69.7 Å². The third-order valence-electron chi connectivity index (χ3n) is 5.62. The highest BCUT2D eigenvalue weighted by Gasteiger charge is 2.19. The lowest BCUT2D eigenvalue weighted by atomic mass is 9.94. The third kappa shape index (κ3) is 21.6. The molecule has 0 aliphatic heterocycles. The summed E-state index contributed by atoms with van der Waals surface area (Å²) in [6.45, 7) is 5.32. The lowest BCUT2D eigenvalue weighted by molar-refractivity contribution is -0.147. The van der Waals surface area contributed by atoms with Gasteiger partial charge in [0.1, 0.15) is 6.29 Å². The molecule has 5 nitrogen and oxygen atoms in total. The minimum absolute atomic E-state index is 0.0687. The van der Waals surface area contributed by atoms with Gasteiger partial charge in [0.05, 0.1) is 13.2 Å². The van der Waals surface area contributed by atoms with E-state index in [-0.39, 0.29) is 30.7 Å². The maximum Gasteiger partial charge on any atom is 0.306 e. The number of hydrogen-bond acceptors (Lipinski definition) is 5. The van der Waals surface area contributed by atoms with Crippen LogP contribution in [0.2, 0.25) is 0 Å². The van der Waals surface area contributed by atoms with E-state index in [9.17, 15) is 14.4 Å². The van der Waals surface area contributed by atoms with Crippen LogP contribution in [0, 0.1) is 5.92 Å². The van der Waals surface area contributed by atoms with Gasteiger partial charge in [0, 0.05) is 19.3 Å². The van der Waals surface area contributed by atoms with Crippen molar-refractivity contribution < 1.29 is 23.9 Å². The van der Waals surface area contributed by atoms with Gasteiger partial charge in [-0.05, 0) is 31.6 Å². The first kappa shape index (κ1) is 29.6. The first-order chi connectivity index (χ1) is 15.1. The second kappa shape index (κ2) is 23.3. The number of carbonyl (C=O) groups is 3. The van der Waals surface area contributed by atoms with Crippen LogP contribution in [-0.2, 0) is 23.9 Å². The summed E-state index contributed by atoms with van der Waals surface area (Å²) < 4.78 is 10.8. The SMILES string of the molecule is CCCCCCCCOC(=O)CC(CCCCC=O)CC(=O)OCCCCCCCC. The normalized spacial score (nSPS) is 10.9. The van der Waals surface area contributed by atoms with Gasteiger partial charge in [-0.2, -0.15) is 0 Å². The van der Waals surface area contributed by atoms with Crippen molar-refractivity contribution in [1.29, 1.82) is 0 Å². The highest BCUT2D eigenvalue weighted by atomic mass is 16.5. The van der Waals surface area contributed by atoms with Gasteiger partial charge in [-0.1, -0.05) is 84.5 Å². The van der Waals surface area contributed by atoms with Gasteiger partial charge < -0.3 is 14.3 Å². The molecule has 0 aromatic rings. The number of esters is 2. The Morgan fingerprint density at radius 2 is 1.10 bits per heavy atom. The molecule has 0 N–H and O–H groups in total. The minimum Gasteiger partial charge on any atom is -0.466 e. The fourth-order valence-electron chi connectivity index (χ4n) is 3.66. The van der Waals surface area contributed by atoms with Gasteiger partial charge in [-0.25, -0.2) is 0 Å². The predicted molar refractivity (Wildman–Crippen MR) is 126 cm³/mol. The molecule has 0 unspecified atom stereocenters. The second-order valence-corrected chi connectivity index (χ2v) is 8.70. The zero-order chi connectivity index (χ0) is 23.0. The zero-order valence-electron chi connectivity index (χ0n) is 20.3. The summed E-state index contributed by atoms with van der Waals surface area (Å²) in [5, 5.41) is 0. The van der Waals surface area contributed by atoms with Gasteiger partial charge in [0.25, 0.3) is 0 Å². The van der Waals surface area contributed by atoms with E-state index in [1.165, 1.54) is 51.4 Å². The number of ether oxygens (including phenoxy) is 2. The van der Waals surface area contributed by atoms with Crippen molar-refractivity contribution in [3.63, 3.8) is 0 Å². The molecule has 0 aromatic carbocycles. The van der Waals surface area contributed by atoms with Crippen molar-refractivity contribution in [3.8, 4) is 0 Å². The molecule has 0 spiro atoms. The van der Waals surface area contributed by atoms with Crippen LogP contribution >= 0.6 is 0 Å². The fourth-order valence-corrected chi connectivity index (χ4v) is 3.66. The van der Waals surface area contributed by atoms with Crippen molar-refractivity contribution >= 4 is 18.2 Å². The average Bonchev–Trinajstić information content (AvgIpc) is 2.75. The standard InChI is InChI=1S/C26H48O5/c1-3-5-7-9-11-16-20-30-25(28)22-24(18-14-13-15-19-27)23-26(29)31-21-17-12-10-8-6-4-2/h19,24H,3-18,20-23H2,1-2H3. The number of rotatable bonds is 23. The van der Waals surface area contributed by atoms with Crippen LogP contribution in [-0.4, -0.2) is 31.4 Å². The summed E-state index contributed by atoms with van der Waals surface area (Å²) in [7, 11) is 0. The lowest BCUT2D eigenvalue weighted by Gasteiger charge is -2.16. The number of hydrogen-bond donors (Lipinski definition) is 0. The van der Waals surface area contributed by atoms with E-state index in [0.29, 0.717) is 19.6 Å². The monoisotopic (exact) mass is 440 g/mol. The van der Waals surface area contributed by atoms with E-state index in [1.54, 1.807) is 0 Å². The van der Waals surface area contributed by atoms with Crippen molar-refractivity contribution in [2.75, 3.05) is 13.2 Å². The van der Waals surface area contributed by atoms with Crippen LogP contribution in [0.15, 0.2) is 0 Å². The Morgan fingerprint density at radius 3 is 1.55 bits per heavy atom. The molecular formula is C26H48O5. The molecule has 0 amide bonds. The van der Waals surface area contributed by atoms with Crippen LogP contribution in [0.1, 0.15) is 129 Å². The van der Waals surface area contributed by atoms with Crippen LogP contribution in [0.3, 0.4) is 0 Å². The second-order valence-electron chi connectivity index (χ2n) is 8.70. The molecule has 31 heavy (non-hydrogen) atoms. The highest BCUT2D eigenvalue weighted by Crippen LogP contribution is 2.19. The van der Waals surface area contributed by atoms with Crippen molar-refractivity contribution in [1.82, 2.24) is 0 Å². The Hall–Kier alpha value is -1.39. The van der Waals surface area contributed by atoms with Crippen molar-refractivity contribution in [3.05, 3.63) is 0 Å². The first-order valence-electron chi connectivity index (χ1n) is 12.9. The van der Waals surface area contributed by atoms with Gasteiger partial charge in [0.2, 0.25) is 0 Å². The van der Waals surface area contributed by atoms with Gasteiger partial charge in [-0.3, -0.25) is 9.59 Å². The molecule has 0 rings (SSSR count). The molecule has 0 saturated heterocycles. The molecule has 0 aliphatic rings. The summed E-state index contributed by atoms with van der Waals surface area (Å²) >= 11 is 0. The fraction of sp³-hybridized carbons (Fsp3) is 0.885. The van der Waals surface area contributed by atoms with E-state index < -0.39 is 0 Å². The van der Waals surface area contributed by atoms with Gasteiger partial charge in [-0.15, -0.1) is 0 Å². The largest absolute Gasteiger partial charge is 0.466 e. The molecule has 0 radical (unpaired) electrons. The number of carbonyl (C=O) groups excluding carboxylic acids is 3. The molecule has 5 heteroatoms. The molecular weight excluding hydrogens is 392 g/mol. The highest BCUT2D eigenvalue weighted by molar-refractivity contribution is 5.73. The first-order valence-corrected chi connectivity index (χ1v) is 12.9. The molecule has 182 valence electrons. The smallest absolute Gasteiger partial charge is 0.306 e. The summed E-state index contributed by atoms with van der Waals surface area (Å²) in [6.07, 6.45) is 18.1. The average molecular weight is 441 g/mol. The number of unbranched alkanes of at least 4 members (excludes halogenated alkanes) is 12. The van der Waals surface area contributed by atoms with Crippen LogP contribution < -0.4 is 0 Å². The molecule has 0 aromatic heterocycles. The summed E-state index contributed by atoms with van der Waals surface area (Å²) in [5.41, 5.74) is 0. The molecule has 0 bridgehead atoms. The van der Waals surface area contributed by atoms with Gasteiger partial charge >= 0.3 is 11.9 Å². The van der Waals surface area contributed by atoms with Crippen LogP contribution in [0.4, 0.5) is 0 Å². The predicted octanol–water partition coefficient (Wildman–Crippen LogP) is 6.95. The molecule has 0 fully saturated rings. The Balaban J connectivity index is 4.12. The van der Waals surface area contributed by atoms with E-state index in [0.717, 1.165) is 51.2 Å². The third-order valence-corrected chi connectivity index (χ3v) is 5.62. The summed E-state index contributed by atoms with van der Waals surface area (Å²) in [6, 6.07) is 0. The Bertz CT molecular complexity index is 404. The zero-order valence-corrected chi connectivity index (χ0v) is 20.3. The van der Waals surface area contributed by atoms with Crippen LogP contribution in [0.5, 0.6) is 0 Å². The van der Waals surface area contributed by atoms with Crippen LogP contribution in [0.25, 0.3) is 0 Å². The molecule has 0 heterocycles. The maximum absolute atomic E-state index is 12.2. The van der Waals surface area contributed by atoms with E-state index in [2.05, 4.69) is 13.8 Å².